The van der Waals surface area contributed by atoms with E-state index < -0.39 is 0 Å². The van der Waals surface area contributed by atoms with Crippen LogP contribution in [0.3, 0.4) is 0 Å². The molecule has 0 amide bonds. The maximum absolute atomic E-state index is 5.92. The molecule has 2 aromatic rings. The molecule has 0 radical (unpaired) electrons. The quantitative estimate of drug-likeness (QED) is 0.834. The summed E-state index contributed by atoms with van der Waals surface area (Å²) in [4.78, 5) is 8.06. The predicted octanol–water partition coefficient (Wildman–Crippen LogP) is 3.54. The summed E-state index contributed by atoms with van der Waals surface area (Å²) in [5.74, 6) is 1.19. The van der Waals surface area contributed by atoms with Gasteiger partial charge < -0.3 is 15.8 Å². The van der Waals surface area contributed by atoms with Crippen LogP contribution in [0.5, 0.6) is 5.75 Å². The number of benzene rings is 1. The summed E-state index contributed by atoms with van der Waals surface area (Å²) in [6.07, 6.45) is 0. The third kappa shape index (κ3) is 3.27. The molecule has 2 rings (SSSR count). The largest absolute Gasteiger partial charge is 0.497 e. The third-order valence-electron chi connectivity index (χ3n) is 2.48. The highest BCUT2D eigenvalue weighted by Gasteiger charge is 2.09. The van der Waals surface area contributed by atoms with Crippen molar-refractivity contribution in [2.24, 2.45) is 0 Å². The van der Waals surface area contributed by atoms with Crippen LogP contribution in [0.2, 0.25) is 5.28 Å². The zero-order valence-electron chi connectivity index (χ0n) is 10.4. The molecule has 5 nitrogen and oxygen atoms in total. The van der Waals surface area contributed by atoms with Crippen molar-refractivity contribution in [1.82, 2.24) is 9.97 Å². The molecule has 7 heteroatoms. The highest BCUT2D eigenvalue weighted by Crippen LogP contribution is 2.29. The first-order valence-electron chi connectivity index (χ1n) is 5.41. The van der Waals surface area contributed by atoms with Gasteiger partial charge in [-0.1, -0.05) is 15.9 Å². The van der Waals surface area contributed by atoms with Gasteiger partial charge in [0.25, 0.3) is 0 Å². The molecule has 0 aliphatic rings. The molecule has 0 aliphatic carbocycles. The van der Waals surface area contributed by atoms with Gasteiger partial charge in [0.1, 0.15) is 5.75 Å². The van der Waals surface area contributed by atoms with Gasteiger partial charge in [-0.2, -0.15) is 4.98 Å². The van der Waals surface area contributed by atoms with Crippen molar-refractivity contribution in [3.8, 4) is 5.75 Å². The Kier molecular flexibility index (Phi) is 4.11. The molecule has 0 aliphatic heterocycles. The summed E-state index contributed by atoms with van der Waals surface area (Å²) in [5.41, 5.74) is 7.79. The highest BCUT2D eigenvalue weighted by atomic mass is 79.9. The van der Waals surface area contributed by atoms with Crippen molar-refractivity contribution in [2.75, 3.05) is 18.2 Å². The van der Waals surface area contributed by atoms with E-state index in [0.29, 0.717) is 22.9 Å². The van der Waals surface area contributed by atoms with Gasteiger partial charge in [0.2, 0.25) is 5.28 Å². The second-order valence-electron chi connectivity index (χ2n) is 3.85. The number of nitrogens with one attached hydrogen (secondary N) is 1. The average Bonchev–Trinajstić information content (AvgIpc) is 2.34. The molecule has 0 unspecified atom stereocenters. The lowest BCUT2D eigenvalue weighted by atomic mass is 10.3. The summed E-state index contributed by atoms with van der Waals surface area (Å²) in [6, 6.07) is 5.57. The minimum atomic E-state index is 0.149. The lowest BCUT2D eigenvalue weighted by Gasteiger charge is -2.11. The van der Waals surface area contributed by atoms with Crippen LogP contribution >= 0.6 is 27.5 Å². The van der Waals surface area contributed by atoms with Gasteiger partial charge in [-0.15, -0.1) is 0 Å². The zero-order chi connectivity index (χ0) is 14.0. The number of methoxy groups -OCH3 is 1. The van der Waals surface area contributed by atoms with Crippen LogP contribution in [0.25, 0.3) is 0 Å². The first-order valence-corrected chi connectivity index (χ1v) is 6.58. The Morgan fingerprint density at radius 2 is 2.05 bits per heavy atom. The van der Waals surface area contributed by atoms with E-state index in [1.165, 1.54) is 0 Å². The van der Waals surface area contributed by atoms with E-state index >= 15 is 0 Å². The number of hydrogen-bond donors (Lipinski definition) is 2. The number of rotatable bonds is 3. The molecule has 1 aromatic carbocycles. The van der Waals surface area contributed by atoms with E-state index in [-0.39, 0.29) is 5.28 Å². The topological polar surface area (TPSA) is 73.1 Å². The number of hydrogen-bond acceptors (Lipinski definition) is 5. The van der Waals surface area contributed by atoms with Crippen molar-refractivity contribution >= 4 is 44.7 Å². The minimum absolute atomic E-state index is 0.149. The van der Waals surface area contributed by atoms with Crippen LogP contribution in [0.1, 0.15) is 5.69 Å². The van der Waals surface area contributed by atoms with Crippen molar-refractivity contribution in [3.05, 3.63) is 33.6 Å². The fourth-order valence-corrected chi connectivity index (χ4v) is 2.22. The van der Waals surface area contributed by atoms with E-state index in [0.717, 1.165) is 10.2 Å². The Bertz CT molecular complexity index is 621. The zero-order valence-corrected chi connectivity index (χ0v) is 12.7. The van der Waals surface area contributed by atoms with Gasteiger partial charge in [-0.25, -0.2) is 4.98 Å². The standard InChI is InChI=1S/C12H12BrClN4O/c1-6-10(15)11(18-12(14)16-6)17-8-3-7(13)4-9(5-8)19-2/h3-5H,15H2,1-2H3,(H,16,17,18). The highest BCUT2D eigenvalue weighted by molar-refractivity contribution is 9.10. The van der Waals surface area contributed by atoms with Crippen molar-refractivity contribution in [3.63, 3.8) is 0 Å². The van der Waals surface area contributed by atoms with Crippen LogP contribution in [0, 0.1) is 6.92 Å². The van der Waals surface area contributed by atoms with Crippen LogP contribution in [0.15, 0.2) is 22.7 Å². The molecule has 0 saturated heterocycles. The van der Waals surface area contributed by atoms with Crippen molar-refractivity contribution in [1.29, 1.82) is 0 Å². The lowest BCUT2D eigenvalue weighted by molar-refractivity contribution is 0.415. The SMILES string of the molecule is COc1cc(Br)cc(Nc2nc(Cl)nc(C)c2N)c1. The molecule has 0 spiro atoms. The summed E-state index contributed by atoms with van der Waals surface area (Å²) < 4.78 is 6.07. The van der Waals surface area contributed by atoms with Crippen LogP contribution in [0.4, 0.5) is 17.2 Å². The molecule has 19 heavy (non-hydrogen) atoms. The molecule has 0 saturated carbocycles. The fourth-order valence-electron chi connectivity index (χ4n) is 1.53. The van der Waals surface area contributed by atoms with Gasteiger partial charge in [0.05, 0.1) is 18.5 Å². The monoisotopic (exact) mass is 342 g/mol. The number of halogens is 2. The maximum Gasteiger partial charge on any atom is 0.224 e. The molecule has 0 bridgehead atoms. The van der Waals surface area contributed by atoms with Gasteiger partial charge in [-0.3, -0.25) is 0 Å². The molecule has 1 heterocycles. The maximum atomic E-state index is 5.92. The number of ether oxygens (including phenoxy) is 1. The Morgan fingerprint density at radius 1 is 1.32 bits per heavy atom. The third-order valence-corrected chi connectivity index (χ3v) is 3.11. The van der Waals surface area contributed by atoms with Crippen LogP contribution in [-0.2, 0) is 0 Å². The first kappa shape index (κ1) is 13.9. The Balaban J connectivity index is 2.38. The summed E-state index contributed by atoms with van der Waals surface area (Å²) in [7, 11) is 1.60. The second kappa shape index (κ2) is 5.63. The Labute approximate surface area is 124 Å². The Morgan fingerprint density at radius 3 is 2.74 bits per heavy atom. The van der Waals surface area contributed by atoms with E-state index in [1.807, 2.05) is 18.2 Å². The van der Waals surface area contributed by atoms with Crippen LogP contribution in [-0.4, -0.2) is 17.1 Å². The number of nitrogens with two attached hydrogens (primary N) is 1. The molecular formula is C12H12BrClN4O. The molecule has 0 atom stereocenters. The van der Waals surface area contributed by atoms with E-state index in [4.69, 9.17) is 22.1 Å². The number of aromatic nitrogens is 2. The van der Waals surface area contributed by atoms with E-state index in [1.54, 1.807) is 14.0 Å². The summed E-state index contributed by atoms with van der Waals surface area (Å²) in [5, 5.41) is 3.25. The van der Waals surface area contributed by atoms with Crippen molar-refractivity contribution in [2.45, 2.75) is 6.92 Å². The van der Waals surface area contributed by atoms with Gasteiger partial charge in [0.15, 0.2) is 5.82 Å². The molecule has 100 valence electrons. The van der Waals surface area contributed by atoms with Gasteiger partial charge >= 0.3 is 0 Å². The van der Waals surface area contributed by atoms with E-state index in [9.17, 15) is 0 Å². The molecule has 1 aromatic heterocycles. The van der Waals surface area contributed by atoms with Gasteiger partial charge in [0, 0.05) is 16.2 Å². The Hall–Kier alpha value is -1.53. The number of nitrogens with zero attached hydrogens (tertiary/aromatic N) is 2. The lowest BCUT2D eigenvalue weighted by Crippen LogP contribution is -2.04. The summed E-state index contributed by atoms with van der Waals surface area (Å²) in [6.45, 7) is 1.77. The number of anilines is 3. The van der Waals surface area contributed by atoms with E-state index in [2.05, 4.69) is 31.2 Å². The predicted molar refractivity (Wildman–Crippen MR) is 80.2 cm³/mol. The molecule has 3 N–H and O–H groups in total. The second-order valence-corrected chi connectivity index (χ2v) is 5.10. The first-order chi connectivity index (χ1) is 8.99. The van der Waals surface area contributed by atoms with Crippen molar-refractivity contribution < 1.29 is 4.74 Å². The number of nitrogen functional groups attached to an aromatic ring is 1. The molecular weight excluding hydrogens is 332 g/mol. The van der Waals surface area contributed by atoms with Gasteiger partial charge in [-0.05, 0) is 30.7 Å². The average molecular weight is 344 g/mol. The smallest absolute Gasteiger partial charge is 0.224 e. The summed E-state index contributed by atoms with van der Waals surface area (Å²) >= 11 is 9.23. The molecule has 0 fully saturated rings. The normalized spacial score (nSPS) is 10.3. The fraction of sp³-hybridized carbons (Fsp3) is 0.167. The minimum Gasteiger partial charge on any atom is -0.497 e. The van der Waals surface area contributed by atoms with Crippen LogP contribution < -0.4 is 15.8 Å². The number of aryl methyl sites for hydroxylation is 1.